The Bertz CT molecular complexity index is 618. The van der Waals surface area contributed by atoms with Gasteiger partial charge in [-0.15, -0.1) is 0 Å². The van der Waals surface area contributed by atoms with E-state index in [1.54, 1.807) is 17.8 Å². The van der Waals surface area contributed by atoms with E-state index in [9.17, 15) is 4.79 Å². The summed E-state index contributed by atoms with van der Waals surface area (Å²) in [6.45, 7) is 2.91. The number of carboxylic acid groups (broad SMARTS) is 1. The molecule has 2 N–H and O–H groups in total. The number of aromatic carboxylic acids is 1. The van der Waals surface area contributed by atoms with Gasteiger partial charge in [0.25, 0.3) is 0 Å². The van der Waals surface area contributed by atoms with Crippen LogP contribution in [0.4, 0.5) is 5.82 Å². The first kappa shape index (κ1) is 14.6. The van der Waals surface area contributed by atoms with E-state index in [0.29, 0.717) is 16.6 Å². The highest BCUT2D eigenvalue weighted by Crippen LogP contribution is 2.20. The predicted octanol–water partition coefficient (Wildman–Crippen LogP) is 2.88. The number of anilines is 1. The Labute approximate surface area is 121 Å². The van der Waals surface area contributed by atoms with Crippen molar-refractivity contribution in [3.8, 4) is 0 Å². The Hall–Kier alpha value is -1.82. The zero-order chi connectivity index (χ0) is 14.5. The minimum atomic E-state index is -1.11. The number of hydrogen-bond acceptors (Lipinski definition) is 5. The number of benzene rings is 1. The maximum Gasteiger partial charge on any atom is 0.374 e. The van der Waals surface area contributed by atoms with Crippen molar-refractivity contribution < 1.29 is 9.90 Å². The minimum Gasteiger partial charge on any atom is -0.475 e. The molecular weight excluding hydrogens is 274 g/mol. The van der Waals surface area contributed by atoms with Crippen molar-refractivity contribution in [1.82, 2.24) is 9.97 Å². The van der Waals surface area contributed by atoms with Gasteiger partial charge in [0.15, 0.2) is 0 Å². The SMILES string of the molecule is CSC(C)CCNc1nc(C(=O)O)nc2ccccc12. The minimum absolute atomic E-state index is 0.177. The van der Waals surface area contributed by atoms with Crippen molar-refractivity contribution in [3.05, 3.63) is 30.1 Å². The first-order chi connectivity index (χ1) is 9.61. The van der Waals surface area contributed by atoms with Crippen molar-refractivity contribution in [3.63, 3.8) is 0 Å². The maximum absolute atomic E-state index is 11.1. The van der Waals surface area contributed by atoms with Gasteiger partial charge >= 0.3 is 5.97 Å². The van der Waals surface area contributed by atoms with Gasteiger partial charge in [-0.2, -0.15) is 11.8 Å². The molecule has 1 aromatic heterocycles. The summed E-state index contributed by atoms with van der Waals surface area (Å²) < 4.78 is 0. The van der Waals surface area contributed by atoms with E-state index in [4.69, 9.17) is 5.11 Å². The quantitative estimate of drug-likeness (QED) is 0.852. The van der Waals surface area contributed by atoms with Gasteiger partial charge in [-0.25, -0.2) is 14.8 Å². The standard InChI is InChI=1S/C14H17N3O2S/c1-9(20-2)7-8-15-12-10-5-3-4-6-11(10)16-13(17-12)14(18)19/h3-6,9H,7-8H2,1-2H3,(H,18,19)(H,15,16,17). The van der Waals surface area contributed by atoms with E-state index in [2.05, 4.69) is 28.5 Å². The van der Waals surface area contributed by atoms with Crippen molar-refractivity contribution >= 4 is 34.5 Å². The van der Waals surface area contributed by atoms with Crippen molar-refractivity contribution in [2.24, 2.45) is 0 Å². The Kier molecular flexibility index (Phi) is 4.79. The van der Waals surface area contributed by atoms with Gasteiger partial charge in [-0.3, -0.25) is 0 Å². The zero-order valence-electron chi connectivity index (χ0n) is 11.5. The fourth-order valence-electron chi connectivity index (χ4n) is 1.82. The number of thioether (sulfide) groups is 1. The molecule has 2 aromatic rings. The molecular formula is C14H17N3O2S. The normalized spacial score (nSPS) is 12.3. The van der Waals surface area contributed by atoms with E-state index in [1.165, 1.54) is 0 Å². The third-order valence-electron chi connectivity index (χ3n) is 3.04. The predicted molar refractivity (Wildman–Crippen MR) is 82.6 cm³/mol. The van der Waals surface area contributed by atoms with Gasteiger partial charge in [0, 0.05) is 17.2 Å². The molecule has 0 saturated carbocycles. The number of rotatable bonds is 6. The number of hydrogen-bond donors (Lipinski definition) is 2. The highest BCUT2D eigenvalue weighted by Gasteiger charge is 2.12. The molecule has 106 valence electrons. The zero-order valence-corrected chi connectivity index (χ0v) is 12.3. The molecule has 0 spiro atoms. The lowest BCUT2D eigenvalue weighted by Gasteiger charge is -2.11. The lowest BCUT2D eigenvalue weighted by molar-refractivity contribution is 0.0684. The molecule has 0 saturated heterocycles. The van der Waals surface area contributed by atoms with Gasteiger partial charge in [-0.1, -0.05) is 19.1 Å². The van der Waals surface area contributed by atoms with Crippen LogP contribution in [0.2, 0.25) is 0 Å². The fourth-order valence-corrected chi connectivity index (χ4v) is 2.17. The monoisotopic (exact) mass is 291 g/mol. The number of aromatic nitrogens is 2. The van der Waals surface area contributed by atoms with Gasteiger partial charge in [0.05, 0.1) is 5.52 Å². The Balaban J connectivity index is 2.28. The molecule has 0 bridgehead atoms. The summed E-state index contributed by atoms with van der Waals surface area (Å²) >= 11 is 1.80. The summed E-state index contributed by atoms with van der Waals surface area (Å²) in [4.78, 5) is 19.2. The van der Waals surface area contributed by atoms with Crippen molar-refractivity contribution in [2.45, 2.75) is 18.6 Å². The summed E-state index contributed by atoms with van der Waals surface area (Å²) in [6, 6.07) is 7.41. The van der Waals surface area contributed by atoms with Crippen molar-refractivity contribution in [2.75, 3.05) is 18.1 Å². The summed E-state index contributed by atoms with van der Waals surface area (Å²) in [5.41, 5.74) is 0.639. The first-order valence-electron chi connectivity index (χ1n) is 6.38. The van der Waals surface area contributed by atoms with E-state index >= 15 is 0 Å². The number of carboxylic acids is 1. The highest BCUT2D eigenvalue weighted by molar-refractivity contribution is 7.99. The summed E-state index contributed by atoms with van der Waals surface area (Å²) in [7, 11) is 0. The van der Waals surface area contributed by atoms with Crippen LogP contribution in [0.3, 0.4) is 0 Å². The number of carbonyl (C=O) groups is 1. The summed E-state index contributed by atoms with van der Waals surface area (Å²) in [6.07, 6.45) is 3.06. The number of nitrogens with zero attached hydrogens (tertiary/aromatic N) is 2. The van der Waals surface area contributed by atoms with Crippen molar-refractivity contribution in [1.29, 1.82) is 0 Å². The number of nitrogens with one attached hydrogen (secondary N) is 1. The molecule has 1 heterocycles. The molecule has 0 aliphatic carbocycles. The van der Waals surface area contributed by atoms with Gasteiger partial charge in [0.2, 0.25) is 5.82 Å². The maximum atomic E-state index is 11.1. The van der Waals surface area contributed by atoms with Gasteiger partial charge in [0.1, 0.15) is 5.82 Å². The van der Waals surface area contributed by atoms with E-state index in [0.717, 1.165) is 18.4 Å². The van der Waals surface area contributed by atoms with E-state index in [1.807, 2.05) is 18.2 Å². The number of para-hydroxylation sites is 1. The van der Waals surface area contributed by atoms with Crippen LogP contribution >= 0.6 is 11.8 Å². The molecule has 1 aromatic carbocycles. The van der Waals surface area contributed by atoms with Crippen LogP contribution in [0.15, 0.2) is 24.3 Å². The first-order valence-corrected chi connectivity index (χ1v) is 7.67. The third-order valence-corrected chi connectivity index (χ3v) is 4.08. The molecule has 0 radical (unpaired) electrons. The molecule has 1 atom stereocenters. The van der Waals surface area contributed by atoms with Crippen LogP contribution in [-0.4, -0.2) is 39.1 Å². The van der Waals surface area contributed by atoms with Crippen LogP contribution < -0.4 is 5.32 Å². The largest absolute Gasteiger partial charge is 0.475 e. The Morgan fingerprint density at radius 3 is 2.85 bits per heavy atom. The molecule has 5 nitrogen and oxygen atoms in total. The highest BCUT2D eigenvalue weighted by atomic mass is 32.2. The number of fused-ring (bicyclic) bond motifs is 1. The van der Waals surface area contributed by atoms with Crippen LogP contribution in [0.5, 0.6) is 0 Å². The summed E-state index contributed by atoms with van der Waals surface area (Å²) in [5.74, 6) is -0.707. The molecule has 0 aliphatic heterocycles. The smallest absolute Gasteiger partial charge is 0.374 e. The molecule has 0 fully saturated rings. The second-order valence-electron chi connectivity index (χ2n) is 4.48. The van der Waals surface area contributed by atoms with Crippen LogP contribution in [0.25, 0.3) is 10.9 Å². The molecule has 20 heavy (non-hydrogen) atoms. The van der Waals surface area contributed by atoms with E-state index < -0.39 is 5.97 Å². The molecule has 1 unspecified atom stereocenters. The fraction of sp³-hybridized carbons (Fsp3) is 0.357. The van der Waals surface area contributed by atoms with Crippen LogP contribution in [-0.2, 0) is 0 Å². The Morgan fingerprint density at radius 1 is 1.40 bits per heavy atom. The average Bonchev–Trinajstić information content (AvgIpc) is 2.46. The van der Waals surface area contributed by atoms with Gasteiger partial charge < -0.3 is 10.4 Å². The van der Waals surface area contributed by atoms with Crippen LogP contribution in [0, 0.1) is 0 Å². The lowest BCUT2D eigenvalue weighted by Crippen LogP contribution is -2.12. The topological polar surface area (TPSA) is 75.1 Å². The molecule has 0 aliphatic rings. The molecule has 2 rings (SSSR count). The summed E-state index contributed by atoms with van der Waals surface area (Å²) in [5, 5.41) is 13.7. The third kappa shape index (κ3) is 3.39. The Morgan fingerprint density at radius 2 is 2.15 bits per heavy atom. The second-order valence-corrected chi connectivity index (χ2v) is 5.76. The average molecular weight is 291 g/mol. The van der Waals surface area contributed by atoms with E-state index in [-0.39, 0.29) is 5.82 Å². The second kappa shape index (κ2) is 6.56. The van der Waals surface area contributed by atoms with Crippen LogP contribution in [0.1, 0.15) is 24.0 Å². The lowest BCUT2D eigenvalue weighted by atomic mass is 10.2. The molecule has 6 heteroatoms. The molecule has 0 amide bonds. The van der Waals surface area contributed by atoms with Gasteiger partial charge in [-0.05, 0) is 24.8 Å².